The number of rotatable bonds is 13. The molecule has 0 fully saturated rings. The number of carbonyl (C=O) groups excluding carboxylic acids is 2. The van der Waals surface area contributed by atoms with E-state index in [0.717, 1.165) is 0 Å². The molecule has 0 bridgehead atoms. The van der Waals surface area contributed by atoms with E-state index in [2.05, 4.69) is 22.6 Å². The Hall–Kier alpha value is -2.77. The molecule has 0 radical (unpaired) electrons. The molecule has 0 aliphatic rings. The van der Waals surface area contributed by atoms with Crippen LogP contribution in [0.1, 0.15) is 6.42 Å². The van der Waals surface area contributed by atoms with E-state index in [1.165, 1.54) is 0 Å². The lowest BCUT2D eigenvalue weighted by Gasteiger charge is -2.43. The van der Waals surface area contributed by atoms with Gasteiger partial charge in [-0.25, -0.2) is 9.59 Å². The molecule has 0 aromatic heterocycles. The van der Waals surface area contributed by atoms with E-state index in [9.17, 15) is 84.2 Å². The Kier molecular flexibility index (Phi) is 9.66. The molecular weight excluding hydrogens is 591 g/mol. The van der Waals surface area contributed by atoms with Crippen LogP contribution < -0.4 is 0 Å². The number of halogens is 17. The van der Waals surface area contributed by atoms with Gasteiger partial charge < -0.3 is 9.47 Å². The monoisotopic (exact) mass is 602 g/mol. The standard InChI is InChI=1S/C17H11F17O4/c1-3-8(35)37-6-7(38-9(36)4-2)5-10(18,19)11(20,21)12(22,23)13(24,25)14(26,27)15(28,29)16(30,31)17(32,33)34/h3-4,7H,1-2,5-6H2. The molecule has 38 heavy (non-hydrogen) atoms. The van der Waals surface area contributed by atoms with E-state index < -0.39 is 78.7 Å². The van der Waals surface area contributed by atoms with Crippen LogP contribution >= 0.6 is 0 Å². The summed E-state index contributed by atoms with van der Waals surface area (Å²) in [7, 11) is 0. The minimum atomic E-state index is -8.77. The van der Waals surface area contributed by atoms with E-state index in [0.29, 0.717) is 0 Å². The number of alkyl halides is 17. The van der Waals surface area contributed by atoms with Crippen LogP contribution in [0.15, 0.2) is 25.3 Å². The van der Waals surface area contributed by atoms with Gasteiger partial charge >= 0.3 is 59.6 Å². The van der Waals surface area contributed by atoms with Crippen molar-refractivity contribution in [2.75, 3.05) is 6.61 Å². The lowest BCUT2D eigenvalue weighted by Crippen LogP contribution is -2.74. The summed E-state index contributed by atoms with van der Waals surface area (Å²) in [6.45, 7) is 3.68. The third kappa shape index (κ3) is 5.64. The molecule has 4 nitrogen and oxygen atoms in total. The van der Waals surface area contributed by atoms with Crippen molar-refractivity contribution in [3.8, 4) is 0 Å². The summed E-state index contributed by atoms with van der Waals surface area (Å²) in [5.41, 5.74) is 0. The maximum absolute atomic E-state index is 14.0. The van der Waals surface area contributed by atoms with Gasteiger partial charge in [0.15, 0.2) is 0 Å². The van der Waals surface area contributed by atoms with Gasteiger partial charge in [-0.15, -0.1) is 0 Å². The normalized spacial score (nSPS) is 15.5. The second kappa shape index (κ2) is 10.4. The van der Waals surface area contributed by atoms with E-state index in [1.54, 1.807) is 0 Å². The Bertz CT molecular complexity index is 907. The predicted molar refractivity (Wildman–Crippen MR) is 86.5 cm³/mol. The van der Waals surface area contributed by atoms with Crippen molar-refractivity contribution in [1.82, 2.24) is 0 Å². The van der Waals surface area contributed by atoms with Crippen LogP contribution in [0.25, 0.3) is 0 Å². The van der Waals surface area contributed by atoms with Crippen LogP contribution in [-0.2, 0) is 19.1 Å². The van der Waals surface area contributed by atoms with Crippen LogP contribution in [-0.4, -0.2) is 72.3 Å². The summed E-state index contributed by atoms with van der Waals surface area (Å²) < 4.78 is 234. The molecule has 0 aliphatic heterocycles. The zero-order valence-electron chi connectivity index (χ0n) is 17.6. The highest BCUT2D eigenvalue weighted by atomic mass is 19.4. The van der Waals surface area contributed by atoms with Gasteiger partial charge in [0.05, 0.1) is 6.42 Å². The van der Waals surface area contributed by atoms with Crippen LogP contribution in [0.3, 0.4) is 0 Å². The molecule has 0 saturated heterocycles. The summed E-state index contributed by atoms with van der Waals surface area (Å²) in [5, 5.41) is 0. The SMILES string of the molecule is C=CC(=O)OCC(CC(F)(F)C(F)(F)C(F)(F)C(F)(F)C(F)(F)C(F)(F)C(F)(F)C(F)(F)F)OC(=O)C=C. The topological polar surface area (TPSA) is 52.6 Å². The molecular formula is C17H11F17O4. The molecule has 1 unspecified atom stereocenters. The first kappa shape index (κ1) is 35.2. The van der Waals surface area contributed by atoms with Gasteiger partial charge in [0.1, 0.15) is 12.7 Å². The average molecular weight is 602 g/mol. The van der Waals surface area contributed by atoms with Gasteiger partial charge in [-0.3, -0.25) is 0 Å². The number of ether oxygens (including phenoxy) is 2. The van der Waals surface area contributed by atoms with Crippen molar-refractivity contribution in [2.24, 2.45) is 0 Å². The third-order valence-electron chi connectivity index (χ3n) is 4.30. The lowest BCUT2D eigenvalue weighted by atomic mass is 9.87. The largest absolute Gasteiger partial charge is 0.460 e. The first-order chi connectivity index (χ1) is 16.5. The zero-order valence-corrected chi connectivity index (χ0v) is 17.6. The minimum absolute atomic E-state index is 0.102. The molecule has 0 aromatic rings. The Morgan fingerprint density at radius 2 is 0.921 bits per heavy atom. The maximum atomic E-state index is 14.0. The predicted octanol–water partition coefficient (Wildman–Crippen LogP) is 6.21. The maximum Gasteiger partial charge on any atom is 0.460 e. The molecule has 21 heteroatoms. The van der Waals surface area contributed by atoms with Crippen molar-refractivity contribution in [1.29, 1.82) is 0 Å². The van der Waals surface area contributed by atoms with Crippen LogP contribution in [0.5, 0.6) is 0 Å². The molecule has 0 saturated carbocycles. The summed E-state index contributed by atoms with van der Waals surface area (Å²) in [5.74, 6) is -61.2. The van der Waals surface area contributed by atoms with Crippen LogP contribution in [0, 0.1) is 0 Å². The molecule has 0 amide bonds. The summed E-state index contributed by atoms with van der Waals surface area (Å²) in [6, 6.07) is 0. The van der Waals surface area contributed by atoms with E-state index in [4.69, 9.17) is 0 Å². The van der Waals surface area contributed by atoms with Gasteiger partial charge in [-0.2, -0.15) is 74.6 Å². The van der Waals surface area contributed by atoms with Gasteiger partial charge in [-0.05, 0) is 0 Å². The van der Waals surface area contributed by atoms with Gasteiger partial charge in [0.2, 0.25) is 0 Å². The minimum Gasteiger partial charge on any atom is -0.459 e. The lowest BCUT2D eigenvalue weighted by molar-refractivity contribution is -0.462. The molecule has 0 aliphatic carbocycles. The Morgan fingerprint density at radius 3 is 1.26 bits per heavy atom. The van der Waals surface area contributed by atoms with Crippen molar-refractivity contribution in [2.45, 2.75) is 60.2 Å². The molecule has 0 heterocycles. The first-order valence-corrected chi connectivity index (χ1v) is 8.87. The van der Waals surface area contributed by atoms with Crippen molar-refractivity contribution < 1.29 is 93.7 Å². The highest BCUT2D eigenvalue weighted by Crippen LogP contribution is 2.64. The summed E-state index contributed by atoms with van der Waals surface area (Å²) >= 11 is 0. The van der Waals surface area contributed by atoms with Gasteiger partial charge in [-0.1, -0.05) is 13.2 Å². The molecule has 1 atom stereocenters. The highest BCUT2D eigenvalue weighted by molar-refractivity contribution is 5.82. The Morgan fingerprint density at radius 1 is 0.579 bits per heavy atom. The second-order valence-corrected chi connectivity index (χ2v) is 6.95. The highest BCUT2D eigenvalue weighted by Gasteiger charge is 2.95. The smallest absolute Gasteiger partial charge is 0.459 e. The second-order valence-electron chi connectivity index (χ2n) is 6.95. The fourth-order valence-corrected chi connectivity index (χ4v) is 2.19. The zero-order chi connectivity index (χ0) is 31.0. The molecule has 0 rings (SSSR count). The third-order valence-corrected chi connectivity index (χ3v) is 4.30. The summed E-state index contributed by atoms with van der Waals surface area (Å²) in [6.07, 6.45) is -13.6. The van der Waals surface area contributed by atoms with Crippen LogP contribution in [0.2, 0.25) is 0 Å². The van der Waals surface area contributed by atoms with Crippen molar-refractivity contribution in [3.05, 3.63) is 25.3 Å². The van der Waals surface area contributed by atoms with Gasteiger partial charge in [0.25, 0.3) is 0 Å². The molecule has 0 aromatic carbocycles. The number of esters is 2. The first-order valence-electron chi connectivity index (χ1n) is 8.87. The number of hydrogen-bond acceptors (Lipinski definition) is 4. The fourth-order valence-electron chi connectivity index (χ4n) is 2.19. The Labute approximate surface area is 199 Å². The van der Waals surface area contributed by atoms with Gasteiger partial charge in [0, 0.05) is 12.2 Å². The number of carbonyl (C=O) groups is 2. The molecule has 0 spiro atoms. The quantitative estimate of drug-likeness (QED) is 0.143. The van der Waals surface area contributed by atoms with E-state index in [1.807, 2.05) is 0 Å². The fraction of sp³-hybridized carbons (Fsp3) is 0.647. The molecule has 222 valence electrons. The van der Waals surface area contributed by atoms with Crippen LogP contribution in [0.4, 0.5) is 74.6 Å². The average Bonchev–Trinajstić information content (AvgIpc) is 2.75. The number of hydrogen-bond donors (Lipinski definition) is 0. The van der Waals surface area contributed by atoms with Crippen molar-refractivity contribution >= 4 is 11.9 Å². The Balaban J connectivity index is 6.65. The molecule has 0 N–H and O–H groups in total. The van der Waals surface area contributed by atoms with E-state index >= 15 is 0 Å². The van der Waals surface area contributed by atoms with Crippen molar-refractivity contribution in [3.63, 3.8) is 0 Å². The van der Waals surface area contributed by atoms with E-state index in [-0.39, 0.29) is 12.2 Å². The summed E-state index contributed by atoms with van der Waals surface area (Å²) in [4.78, 5) is 22.0.